The van der Waals surface area contributed by atoms with E-state index in [-0.39, 0.29) is 5.92 Å². The van der Waals surface area contributed by atoms with E-state index < -0.39 is 0 Å². The average molecular weight is 211 g/mol. The largest absolute Gasteiger partial charge is 0.381 e. The van der Waals surface area contributed by atoms with E-state index in [1.165, 1.54) is 19.3 Å². The molecule has 0 aromatic heterocycles. The first-order valence-corrected chi connectivity index (χ1v) is 6.20. The van der Waals surface area contributed by atoms with Gasteiger partial charge in [-0.3, -0.25) is 4.79 Å². The van der Waals surface area contributed by atoms with Crippen LogP contribution >= 0.6 is 0 Å². The van der Waals surface area contributed by atoms with Gasteiger partial charge in [0.1, 0.15) is 5.78 Å². The van der Waals surface area contributed by atoms with Gasteiger partial charge in [0, 0.05) is 25.0 Å². The van der Waals surface area contributed by atoms with Crippen molar-refractivity contribution in [3.63, 3.8) is 0 Å². The van der Waals surface area contributed by atoms with Crippen LogP contribution in [0.3, 0.4) is 0 Å². The van der Waals surface area contributed by atoms with E-state index in [1.807, 2.05) is 0 Å². The molecule has 0 aliphatic carbocycles. The van der Waals surface area contributed by atoms with Crippen molar-refractivity contribution < 1.29 is 9.53 Å². The summed E-state index contributed by atoms with van der Waals surface area (Å²) in [6, 6.07) is 0.588. The summed E-state index contributed by atoms with van der Waals surface area (Å²) in [6.07, 6.45) is 6.56. The van der Waals surface area contributed by atoms with Crippen molar-refractivity contribution in [1.29, 1.82) is 0 Å². The zero-order chi connectivity index (χ0) is 10.5. The maximum Gasteiger partial charge on any atom is 0.138 e. The molecule has 2 saturated heterocycles. The summed E-state index contributed by atoms with van der Waals surface area (Å²) < 4.78 is 5.23. The highest BCUT2D eigenvalue weighted by Gasteiger charge is 2.24. The number of rotatable bonds is 4. The lowest BCUT2D eigenvalue weighted by molar-refractivity contribution is -0.123. The van der Waals surface area contributed by atoms with E-state index in [0.29, 0.717) is 18.4 Å². The van der Waals surface area contributed by atoms with Gasteiger partial charge in [0.05, 0.1) is 6.61 Å². The molecule has 0 amide bonds. The van der Waals surface area contributed by atoms with Crippen molar-refractivity contribution in [3.05, 3.63) is 0 Å². The molecule has 2 unspecified atom stereocenters. The van der Waals surface area contributed by atoms with Crippen molar-refractivity contribution in [2.75, 3.05) is 19.8 Å². The van der Waals surface area contributed by atoms with Crippen LogP contribution in [0.5, 0.6) is 0 Å². The van der Waals surface area contributed by atoms with E-state index in [0.717, 1.165) is 32.4 Å². The van der Waals surface area contributed by atoms with E-state index in [4.69, 9.17) is 4.74 Å². The normalized spacial score (nSPS) is 31.7. The monoisotopic (exact) mass is 211 g/mol. The Balaban J connectivity index is 1.65. The van der Waals surface area contributed by atoms with E-state index in [9.17, 15) is 4.79 Å². The van der Waals surface area contributed by atoms with Crippen molar-refractivity contribution in [2.24, 2.45) is 5.92 Å². The first kappa shape index (κ1) is 11.1. The van der Waals surface area contributed by atoms with Crippen LogP contribution in [-0.2, 0) is 9.53 Å². The van der Waals surface area contributed by atoms with E-state index >= 15 is 0 Å². The molecule has 3 heteroatoms. The van der Waals surface area contributed by atoms with E-state index in [1.54, 1.807) is 0 Å². The van der Waals surface area contributed by atoms with Crippen LogP contribution in [0.2, 0.25) is 0 Å². The van der Waals surface area contributed by atoms with Crippen LogP contribution in [0.15, 0.2) is 0 Å². The Hall–Kier alpha value is -0.410. The van der Waals surface area contributed by atoms with Crippen LogP contribution in [0.25, 0.3) is 0 Å². The lowest BCUT2D eigenvalue weighted by Crippen LogP contribution is -2.34. The SMILES string of the molecule is O=C(CCC1CCCCN1)C1CCOC1. The van der Waals surface area contributed by atoms with Gasteiger partial charge >= 0.3 is 0 Å². The number of nitrogens with one attached hydrogen (secondary N) is 1. The molecule has 3 nitrogen and oxygen atoms in total. The molecule has 2 atom stereocenters. The molecule has 0 bridgehead atoms. The number of ketones is 1. The van der Waals surface area contributed by atoms with Crippen molar-refractivity contribution >= 4 is 5.78 Å². The van der Waals surface area contributed by atoms with Gasteiger partial charge in [-0.1, -0.05) is 6.42 Å². The molecule has 0 saturated carbocycles. The third-order valence-electron chi connectivity index (χ3n) is 3.54. The summed E-state index contributed by atoms with van der Waals surface area (Å²) in [4.78, 5) is 11.8. The first-order chi connectivity index (χ1) is 7.36. The minimum absolute atomic E-state index is 0.202. The minimum atomic E-state index is 0.202. The van der Waals surface area contributed by atoms with Crippen LogP contribution in [0, 0.1) is 5.92 Å². The molecule has 0 radical (unpaired) electrons. The Morgan fingerprint density at radius 2 is 2.27 bits per heavy atom. The second-order valence-electron chi connectivity index (χ2n) is 4.71. The highest BCUT2D eigenvalue weighted by Crippen LogP contribution is 2.18. The summed E-state index contributed by atoms with van der Waals surface area (Å²) in [5.41, 5.74) is 0. The summed E-state index contributed by atoms with van der Waals surface area (Å²) in [7, 11) is 0. The van der Waals surface area contributed by atoms with Gasteiger partial charge in [-0.05, 0) is 32.2 Å². The molecule has 2 aliphatic heterocycles. The van der Waals surface area contributed by atoms with Crippen LogP contribution in [0.4, 0.5) is 0 Å². The topological polar surface area (TPSA) is 38.3 Å². The van der Waals surface area contributed by atoms with Gasteiger partial charge in [-0.15, -0.1) is 0 Å². The quantitative estimate of drug-likeness (QED) is 0.766. The molecular weight excluding hydrogens is 190 g/mol. The summed E-state index contributed by atoms with van der Waals surface area (Å²) in [6.45, 7) is 2.57. The van der Waals surface area contributed by atoms with Gasteiger partial charge in [0.25, 0.3) is 0 Å². The minimum Gasteiger partial charge on any atom is -0.381 e. The highest BCUT2D eigenvalue weighted by molar-refractivity contribution is 5.81. The molecule has 2 fully saturated rings. The zero-order valence-corrected chi connectivity index (χ0v) is 9.34. The number of hydrogen-bond donors (Lipinski definition) is 1. The van der Waals surface area contributed by atoms with E-state index in [2.05, 4.69) is 5.32 Å². The number of carbonyl (C=O) groups excluding carboxylic acids is 1. The maximum atomic E-state index is 11.8. The number of hydrogen-bond acceptors (Lipinski definition) is 3. The molecule has 0 aromatic carbocycles. The highest BCUT2D eigenvalue weighted by atomic mass is 16.5. The zero-order valence-electron chi connectivity index (χ0n) is 9.34. The molecule has 86 valence electrons. The molecule has 2 rings (SSSR count). The van der Waals surface area contributed by atoms with Gasteiger partial charge in [0.2, 0.25) is 0 Å². The van der Waals surface area contributed by atoms with Crippen LogP contribution < -0.4 is 5.32 Å². The summed E-state index contributed by atoms with van der Waals surface area (Å²) in [5, 5.41) is 3.48. The van der Waals surface area contributed by atoms with Gasteiger partial charge in [0.15, 0.2) is 0 Å². The molecule has 0 spiro atoms. The number of carbonyl (C=O) groups is 1. The van der Waals surface area contributed by atoms with Gasteiger partial charge < -0.3 is 10.1 Å². The Kier molecular flexibility index (Phi) is 4.15. The second-order valence-corrected chi connectivity index (χ2v) is 4.71. The Labute approximate surface area is 91.6 Å². The third kappa shape index (κ3) is 3.28. The Morgan fingerprint density at radius 3 is 2.93 bits per heavy atom. The average Bonchev–Trinajstić information content (AvgIpc) is 2.81. The Bertz CT molecular complexity index is 206. The second kappa shape index (κ2) is 5.61. The van der Waals surface area contributed by atoms with Crippen molar-refractivity contribution in [1.82, 2.24) is 5.32 Å². The standard InChI is InChI=1S/C12H21NO2/c14-12(10-6-8-15-9-10)5-4-11-3-1-2-7-13-11/h10-11,13H,1-9H2. The third-order valence-corrected chi connectivity index (χ3v) is 3.54. The number of Topliss-reactive ketones (excluding diaryl/α,β-unsaturated/α-hetero) is 1. The maximum absolute atomic E-state index is 11.8. The first-order valence-electron chi connectivity index (χ1n) is 6.20. The van der Waals surface area contributed by atoms with Crippen LogP contribution in [0.1, 0.15) is 38.5 Å². The number of piperidine rings is 1. The fraction of sp³-hybridized carbons (Fsp3) is 0.917. The molecule has 2 aliphatic rings. The van der Waals surface area contributed by atoms with Gasteiger partial charge in [-0.25, -0.2) is 0 Å². The predicted molar refractivity (Wildman–Crippen MR) is 58.8 cm³/mol. The molecule has 15 heavy (non-hydrogen) atoms. The lowest BCUT2D eigenvalue weighted by Gasteiger charge is -2.23. The lowest BCUT2D eigenvalue weighted by atomic mass is 9.94. The fourth-order valence-corrected chi connectivity index (χ4v) is 2.48. The fourth-order valence-electron chi connectivity index (χ4n) is 2.48. The molecular formula is C12H21NO2. The van der Waals surface area contributed by atoms with Gasteiger partial charge in [-0.2, -0.15) is 0 Å². The molecule has 0 aromatic rings. The van der Waals surface area contributed by atoms with Crippen LogP contribution in [-0.4, -0.2) is 31.6 Å². The number of ether oxygens (including phenoxy) is 1. The van der Waals surface area contributed by atoms with Crippen molar-refractivity contribution in [2.45, 2.75) is 44.6 Å². The smallest absolute Gasteiger partial charge is 0.138 e. The summed E-state index contributed by atoms with van der Waals surface area (Å²) in [5.74, 6) is 0.619. The Morgan fingerprint density at radius 1 is 1.33 bits per heavy atom. The molecule has 1 N–H and O–H groups in total. The molecule has 2 heterocycles. The predicted octanol–water partition coefficient (Wildman–Crippen LogP) is 1.51. The summed E-state index contributed by atoms with van der Waals surface area (Å²) >= 11 is 0. The van der Waals surface area contributed by atoms with Crippen molar-refractivity contribution in [3.8, 4) is 0 Å².